The fourth-order valence-electron chi connectivity index (χ4n) is 3.23. The number of rotatable bonds is 7. The molecule has 0 saturated heterocycles. The highest BCUT2D eigenvalue weighted by Gasteiger charge is 2.26. The average molecular weight is 413 g/mol. The highest BCUT2D eigenvalue weighted by molar-refractivity contribution is 5.64. The van der Waals surface area contributed by atoms with Gasteiger partial charge >= 0.3 is 6.16 Å². The zero-order valence-corrected chi connectivity index (χ0v) is 19.7. The fourth-order valence-corrected chi connectivity index (χ4v) is 3.23. The van der Waals surface area contributed by atoms with Crippen molar-refractivity contribution < 1.29 is 19.0 Å². The zero-order chi connectivity index (χ0) is 22.6. The van der Waals surface area contributed by atoms with Gasteiger partial charge in [0.1, 0.15) is 11.4 Å². The van der Waals surface area contributed by atoms with Gasteiger partial charge in [0, 0.05) is 25.6 Å². The first-order chi connectivity index (χ1) is 13.8. The Bertz CT molecular complexity index is 825. The third kappa shape index (κ3) is 6.33. The summed E-state index contributed by atoms with van der Waals surface area (Å²) in [5, 5.41) is 0. The highest BCUT2D eigenvalue weighted by atomic mass is 16.7. The minimum atomic E-state index is -0.708. The molecular formula is C26H36O4. The van der Waals surface area contributed by atoms with Crippen molar-refractivity contribution in [3.05, 3.63) is 65.2 Å². The van der Waals surface area contributed by atoms with Crippen LogP contribution in [0.3, 0.4) is 0 Å². The molecule has 0 aromatic heterocycles. The summed E-state index contributed by atoms with van der Waals surface area (Å²) in [5.74, 6) is 0.463. The fraction of sp³-hybridized carbons (Fsp3) is 0.500. The van der Waals surface area contributed by atoms with Crippen LogP contribution in [0.5, 0.6) is 5.75 Å². The highest BCUT2D eigenvalue weighted by Crippen LogP contribution is 2.34. The van der Waals surface area contributed by atoms with E-state index in [1.165, 1.54) is 11.1 Å². The van der Waals surface area contributed by atoms with Gasteiger partial charge in [-0.3, -0.25) is 0 Å². The largest absolute Gasteiger partial charge is 0.514 e. The molecule has 0 unspecified atom stereocenters. The molecule has 164 valence electrons. The van der Waals surface area contributed by atoms with Crippen LogP contribution in [-0.2, 0) is 20.3 Å². The quantitative estimate of drug-likeness (QED) is 0.378. The lowest BCUT2D eigenvalue weighted by Gasteiger charge is -2.28. The molecule has 2 aromatic rings. The molecule has 0 radical (unpaired) electrons. The predicted octanol–water partition coefficient (Wildman–Crippen LogP) is 6.64. The summed E-state index contributed by atoms with van der Waals surface area (Å²) in [6, 6.07) is 16.4. The van der Waals surface area contributed by atoms with Gasteiger partial charge in [-0.2, -0.15) is 0 Å². The van der Waals surface area contributed by atoms with Gasteiger partial charge in [0.05, 0.1) is 0 Å². The lowest BCUT2D eigenvalue weighted by Crippen LogP contribution is -2.31. The van der Waals surface area contributed by atoms with Gasteiger partial charge in [-0.25, -0.2) is 4.79 Å². The SMILES string of the molecule is COCCC(C)(C)OC(=O)Oc1ccc(C(C)(C)c2ccc(C(C)(C)C)cc2)cc1. The average Bonchev–Trinajstić information content (AvgIpc) is 2.66. The van der Waals surface area contributed by atoms with E-state index in [9.17, 15) is 4.79 Å². The first-order valence-corrected chi connectivity index (χ1v) is 10.5. The molecule has 0 spiro atoms. The van der Waals surface area contributed by atoms with Crippen molar-refractivity contribution in [2.24, 2.45) is 0 Å². The van der Waals surface area contributed by atoms with Gasteiger partial charge in [0.15, 0.2) is 0 Å². The molecule has 30 heavy (non-hydrogen) atoms. The number of hydrogen-bond donors (Lipinski definition) is 0. The Kier molecular flexibility index (Phi) is 7.36. The van der Waals surface area contributed by atoms with Crippen molar-refractivity contribution in [2.75, 3.05) is 13.7 Å². The third-order valence-electron chi connectivity index (χ3n) is 5.52. The Hall–Kier alpha value is -2.33. The molecule has 0 saturated carbocycles. The Morgan fingerprint density at radius 3 is 1.70 bits per heavy atom. The van der Waals surface area contributed by atoms with E-state index in [4.69, 9.17) is 14.2 Å². The minimum absolute atomic E-state index is 0.133. The van der Waals surface area contributed by atoms with Crippen molar-refractivity contribution in [1.29, 1.82) is 0 Å². The molecule has 0 fully saturated rings. The van der Waals surface area contributed by atoms with E-state index in [-0.39, 0.29) is 10.8 Å². The molecule has 0 aliphatic heterocycles. The Morgan fingerprint density at radius 1 is 0.767 bits per heavy atom. The summed E-state index contributed by atoms with van der Waals surface area (Å²) >= 11 is 0. The summed E-state index contributed by atoms with van der Waals surface area (Å²) < 4.78 is 15.8. The summed E-state index contributed by atoms with van der Waals surface area (Å²) in [6.45, 7) is 15.2. The number of carbonyl (C=O) groups excluding carboxylic acids is 1. The molecule has 0 bridgehead atoms. The van der Waals surface area contributed by atoms with Crippen molar-refractivity contribution in [3.8, 4) is 5.75 Å². The van der Waals surface area contributed by atoms with Gasteiger partial charge in [-0.1, -0.05) is 71.0 Å². The van der Waals surface area contributed by atoms with Gasteiger partial charge in [0.2, 0.25) is 0 Å². The normalized spacial score (nSPS) is 12.5. The molecule has 0 atom stereocenters. The van der Waals surface area contributed by atoms with E-state index in [2.05, 4.69) is 58.9 Å². The topological polar surface area (TPSA) is 44.8 Å². The van der Waals surface area contributed by atoms with Gasteiger partial charge in [-0.05, 0) is 48.1 Å². The van der Waals surface area contributed by atoms with E-state index >= 15 is 0 Å². The van der Waals surface area contributed by atoms with Crippen molar-refractivity contribution in [1.82, 2.24) is 0 Å². The second-order valence-electron chi connectivity index (χ2n) is 9.93. The third-order valence-corrected chi connectivity index (χ3v) is 5.52. The Morgan fingerprint density at radius 2 is 1.23 bits per heavy atom. The molecule has 0 N–H and O–H groups in total. The number of hydrogen-bond acceptors (Lipinski definition) is 4. The molecule has 2 aromatic carbocycles. The van der Waals surface area contributed by atoms with E-state index in [1.54, 1.807) is 7.11 Å². The number of methoxy groups -OCH3 is 1. The number of benzene rings is 2. The maximum Gasteiger partial charge on any atom is 0.514 e. The van der Waals surface area contributed by atoms with Crippen LogP contribution in [0, 0.1) is 0 Å². The lowest BCUT2D eigenvalue weighted by molar-refractivity contribution is -0.00864. The van der Waals surface area contributed by atoms with Crippen LogP contribution in [0.15, 0.2) is 48.5 Å². The van der Waals surface area contributed by atoms with Crippen LogP contribution in [0.4, 0.5) is 4.79 Å². The molecular weight excluding hydrogens is 376 g/mol. The zero-order valence-electron chi connectivity index (χ0n) is 19.7. The Labute approximate surface area is 181 Å². The van der Waals surface area contributed by atoms with Crippen LogP contribution in [-0.4, -0.2) is 25.5 Å². The van der Waals surface area contributed by atoms with Crippen LogP contribution in [0.1, 0.15) is 71.6 Å². The smallest absolute Gasteiger partial charge is 0.428 e. The monoisotopic (exact) mass is 412 g/mol. The van der Waals surface area contributed by atoms with E-state index in [1.807, 2.05) is 38.1 Å². The summed E-state index contributed by atoms with van der Waals surface area (Å²) in [6.07, 6.45) is -0.111. The van der Waals surface area contributed by atoms with Crippen LogP contribution in [0.2, 0.25) is 0 Å². The van der Waals surface area contributed by atoms with Crippen LogP contribution in [0.25, 0.3) is 0 Å². The molecule has 2 rings (SSSR count). The first kappa shape index (κ1) is 23.9. The van der Waals surface area contributed by atoms with E-state index < -0.39 is 11.8 Å². The second-order valence-corrected chi connectivity index (χ2v) is 9.93. The second kappa shape index (κ2) is 9.22. The molecule has 0 aliphatic rings. The standard InChI is InChI=1S/C26H36O4/c1-24(2,3)19-9-11-20(12-10-19)26(6,7)21-13-15-22(16-14-21)29-23(27)30-25(4,5)17-18-28-8/h9-16H,17-18H2,1-8H3. The summed E-state index contributed by atoms with van der Waals surface area (Å²) in [4.78, 5) is 12.1. The number of carbonyl (C=O) groups is 1. The first-order valence-electron chi connectivity index (χ1n) is 10.5. The lowest BCUT2D eigenvalue weighted by atomic mass is 9.77. The Balaban J connectivity index is 2.08. The van der Waals surface area contributed by atoms with Gasteiger partial charge in [0.25, 0.3) is 0 Å². The number of ether oxygens (including phenoxy) is 3. The minimum Gasteiger partial charge on any atom is -0.428 e. The van der Waals surface area contributed by atoms with Crippen molar-refractivity contribution in [2.45, 2.75) is 71.3 Å². The van der Waals surface area contributed by atoms with Crippen LogP contribution < -0.4 is 4.74 Å². The molecule has 0 heterocycles. The van der Waals surface area contributed by atoms with Gasteiger partial charge in [-0.15, -0.1) is 0 Å². The molecule has 4 heteroatoms. The van der Waals surface area contributed by atoms with Crippen LogP contribution >= 0.6 is 0 Å². The van der Waals surface area contributed by atoms with E-state index in [0.29, 0.717) is 18.8 Å². The van der Waals surface area contributed by atoms with E-state index in [0.717, 1.165) is 5.56 Å². The molecule has 0 amide bonds. The molecule has 4 nitrogen and oxygen atoms in total. The van der Waals surface area contributed by atoms with Crippen molar-refractivity contribution >= 4 is 6.16 Å². The summed E-state index contributed by atoms with van der Waals surface area (Å²) in [7, 11) is 1.62. The van der Waals surface area contributed by atoms with Crippen molar-refractivity contribution in [3.63, 3.8) is 0 Å². The summed E-state index contributed by atoms with van der Waals surface area (Å²) in [5.41, 5.74) is 3.02. The predicted molar refractivity (Wildman–Crippen MR) is 121 cm³/mol. The maximum atomic E-state index is 12.1. The maximum absolute atomic E-state index is 12.1. The molecule has 0 aliphatic carbocycles. The van der Waals surface area contributed by atoms with Gasteiger partial charge < -0.3 is 14.2 Å².